The quantitative estimate of drug-likeness (QED) is 0.711. The van der Waals surface area contributed by atoms with Gasteiger partial charge in [0, 0.05) is 11.5 Å². The number of hydrogen-bond donors (Lipinski definition) is 0. The minimum Gasteiger partial charge on any atom is -0.464 e. The van der Waals surface area contributed by atoms with E-state index in [0.29, 0.717) is 11.3 Å². The summed E-state index contributed by atoms with van der Waals surface area (Å²) in [7, 11) is 0. The van der Waals surface area contributed by atoms with Crippen LogP contribution in [0.1, 0.15) is 0 Å². The molecule has 14 heavy (non-hydrogen) atoms. The lowest BCUT2D eigenvalue weighted by Gasteiger charge is -2.12. The fourth-order valence-corrected chi connectivity index (χ4v) is 1.40. The van der Waals surface area contributed by atoms with E-state index in [0.717, 1.165) is 5.39 Å². The third-order valence-electron chi connectivity index (χ3n) is 1.66. The molecule has 0 aliphatic carbocycles. The minimum absolute atomic E-state index is 0.451. The molecule has 0 radical (unpaired) electrons. The first kappa shape index (κ1) is 9.97. The standard InChI is InChI=1S/C9H5Cl3O2/c10-9(11,12)14-7-2-1-6-3-4-13-8(6)5-7/h1-5H. The highest BCUT2D eigenvalue weighted by molar-refractivity contribution is 6.66. The van der Waals surface area contributed by atoms with E-state index in [1.165, 1.54) is 0 Å². The maximum Gasteiger partial charge on any atom is 0.338 e. The fraction of sp³-hybridized carbons (Fsp3) is 0.111. The Kier molecular flexibility index (Phi) is 2.52. The van der Waals surface area contributed by atoms with Crippen molar-refractivity contribution in [3.63, 3.8) is 0 Å². The second-order valence-electron chi connectivity index (χ2n) is 2.67. The number of benzene rings is 1. The van der Waals surface area contributed by atoms with Crippen molar-refractivity contribution in [1.29, 1.82) is 0 Å². The SMILES string of the molecule is ClC(Cl)(Cl)Oc1ccc2ccoc2c1. The molecule has 2 nitrogen and oxygen atoms in total. The molecule has 2 aromatic rings. The summed E-state index contributed by atoms with van der Waals surface area (Å²) < 4.78 is 8.43. The van der Waals surface area contributed by atoms with Crippen LogP contribution in [0.5, 0.6) is 5.75 Å². The summed E-state index contributed by atoms with van der Waals surface area (Å²) in [5.74, 6) is 0.451. The number of furan rings is 1. The molecular weight excluding hydrogens is 246 g/mol. The van der Waals surface area contributed by atoms with Gasteiger partial charge in [-0.3, -0.25) is 0 Å². The van der Waals surface area contributed by atoms with Crippen molar-refractivity contribution in [1.82, 2.24) is 0 Å². The van der Waals surface area contributed by atoms with Gasteiger partial charge in [0.25, 0.3) is 0 Å². The second kappa shape index (κ2) is 3.54. The molecule has 1 aromatic carbocycles. The molecule has 5 heteroatoms. The number of halogens is 3. The molecule has 0 atom stereocenters. The zero-order chi connectivity index (χ0) is 10.2. The molecule has 0 fully saturated rings. The Morgan fingerprint density at radius 2 is 1.93 bits per heavy atom. The highest BCUT2D eigenvalue weighted by atomic mass is 35.6. The summed E-state index contributed by atoms with van der Waals surface area (Å²) in [4.78, 5) is 0. The fourth-order valence-electron chi connectivity index (χ4n) is 1.13. The first-order valence-corrected chi connectivity index (χ1v) is 4.91. The molecule has 74 valence electrons. The van der Waals surface area contributed by atoms with Crippen LogP contribution < -0.4 is 4.74 Å². The Balaban J connectivity index is 2.35. The molecule has 0 spiro atoms. The van der Waals surface area contributed by atoms with Crippen molar-refractivity contribution in [2.24, 2.45) is 0 Å². The van der Waals surface area contributed by atoms with E-state index in [2.05, 4.69) is 0 Å². The van der Waals surface area contributed by atoms with Crippen LogP contribution in [0.25, 0.3) is 11.0 Å². The van der Waals surface area contributed by atoms with Crippen LogP contribution in [0.2, 0.25) is 0 Å². The van der Waals surface area contributed by atoms with E-state index in [9.17, 15) is 0 Å². The van der Waals surface area contributed by atoms with Gasteiger partial charge in [-0.2, -0.15) is 0 Å². The molecule has 0 amide bonds. The normalized spacial score (nSPS) is 11.9. The van der Waals surface area contributed by atoms with Crippen LogP contribution in [0.4, 0.5) is 0 Å². The lowest BCUT2D eigenvalue weighted by molar-refractivity contribution is 0.320. The van der Waals surface area contributed by atoms with Gasteiger partial charge < -0.3 is 9.15 Å². The molecule has 0 saturated carbocycles. The molecule has 1 heterocycles. The molecule has 0 bridgehead atoms. The van der Waals surface area contributed by atoms with Gasteiger partial charge in [-0.25, -0.2) is 0 Å². The Bertz CT molecular complexity index is 444. The largest absolute Gasteiger partial charge is 0.464 e. The summed E-state index contributed by atoms with van der Waals surface area (Å²) >= 11 is 16.4. The Hall–Kier alpha value is -0.570. The van der Waals surface area contributed by atoms with Gasteiger partial charge in [0.1, 0.15) is 11.3 Å². The van der Waals surface area contributed by atoms with Gasteiger partial charge in [0.2, 0.25) is 0 Å². The Morgan fingerprint density at radius 3 is 2.64 bits per heavy atom. The van der Waals surface area contributed by atoms with Gasteiger partial charge in [-0.05, 0) is 53.0 Å². The molecule has 1 aromatic heterocycles. The third kappa shape index (κ3) is 2.27. The predicted octanol–water partition coefficient (Wildman–Crippen LogP) is 4.14. The van der Waals surface area contributed by atoms with Crippen LogP contribution in [-0.2, 0) is 0 Å². The van der Waals surface area contributed by atoms with E-state index in [1.807, 2.05) is 12.1 Å². The zero-order valence-electron chi connectivity index (χ0n) is 6.84. The van der Waals surface area contributed by atoms with Crippen molar-refractivity contribution < 1.29 is 9.15 Å². The van der Waals surface area contributed by atoms with Crippen molar-refractivity contribution in [2.45, 2.75) is 3.98 Å². The monoisotopic (exact) mass is 250 g/mol. The summed E-state index contributed by atoms with van der Waals surface area (Å²) in [6.07, 6.45) is 1.59. The molecule has 0 unspecified atom stereocenters. The first-order valence-electron chi connectivity index (χ1n) is 3.78. The molecule has 2 rings (SSSR count). The summed E-state index contributed by atoms with van der Waals surface area (Å²) in [6, 6.07) is 7.04. The zero-order valence-corrected chi connectivity index (χ0v) is 9.10. The molecule has 0 saturated heterocycles. The van der Waals surface area contributed by atoms with Crippen molar-refractivity contribution in [2.75, 3.05) is 0 Å². The third-order valence-corrected chi connectivity index (χ3v) is 1.89. The van der Waals surface area contributed by atoms with E-state index in [4.69, 9.17) is 44.0 Å². The van der Waals surface area contributed by atoms with E-state index in [1.54, 1.807) is 18.4 Å². The molecule has 0 N–H and O–H groups in total. The van der Waals surface area contributed by atoms with Crippen molar-refractivity contribution in [3.05, 3.63) is 30.5 Å². The topological polar surface area (TPSA) is 22.4 Å². The summed E-state index contributed by atoms with van der Waals surface area (Å²) in [5.41, 5.74) is 0.691. The van der Waals surface area contributed by atoms with Crippen LogP contribution in [-0.4, -0.2) is 3.98 Å². The number of hydrogen-bond acceptors (Lipinski definition) is 2. The van der Waals surface area contributed by atoms with Crippen LogP contribution in [0.3, 0.4) is 0 Å². The maximum absolute atomic E-state index is 5.47. The van der Waals surface area contributed by atoms with Crippen LogP contribution in [0.15, 0.2) is 34.9 Å². The second-order valence-corrected chi connectivity index (χ2v) is 4.85. The van der Waals surface area contributed by atoms with Gasteiger partial charge in [-0.15, -0.1) is 0 Å². The summed E-state index contributed by atoms with van der Waals surface area (Å²) in [5, 5.41) is 0.974. The number of fused-ring (bicyclic) bond motifs is 1. The lowest BCUT2D eigenvalue weighted by atomic mass is 10.2. The van der Waals surface area contributed by atoms with Crippen molar-refractivity contribution >= 4 is 45.8 Å². The number of ether oxygens (including phenoxy) is 1. The average Bonchev–Trinajstić information content (AvgIpc) is 2.47. The highest BCUT2D eigenvalue weighted by Gasteiger charge is 2.21. The van der Waals surface area contributed by atoms with Crippen LogP contribution >= 0.6 is 34.8 Å². The summed E-state index contributed by atoms with van der Waals surface area (Å²) in [6.45, 7) is 0. The Morgan fingerprint density at radius 1 is 1.14 bits per heavy atom. The Labute approximate surface area is 95.3 Å². The first-order chi connectivity index (χ1) is 6.54. The number of rotatable bonds is 1. The van der Waals surface area contributed by atoms with Crippen molar-refractivity contribution in [3.8, 4) is 5.75 Å². The molecular formula is C9H5Cl3O2. The smallest absolute Gasteiger partial charge is 0.338 e. The average molecular weight is 251 g/mol. The maximum atomic E-state index is 5.47. The predicted molar refractivity (Wildman–Crippen MR) is 57.1 cm³/mol. The van der Waals surface area contributed by atoms with E-state index >= 15 is 0 Å². The lowest BCUT2D eigenvalue weighted by Crippen LogP contribution is -2.12. The van der Waals surface area contributed by atoms with Gasteiger partial charge in [0.05, 0.1) is 6.26 Å². The van der Waals surface area contributed by atoms with Gasteiger partial charge >= 0.3 is 3.98 Å². The van der Waals surface area contributed by atoms with Gasteiger partial charge in [0.15, 0.2) is 0 Å². The highest BCUT2D eigenvalue weighted by Crippen LogP contribution is 2.31. The molecule has 0 aliphatic heterocycles. The van der Waals surface area contributed by atoms with E-state index < -0.39 is 3.98 Å². The minimum atomic E-state index is -1.75. The number of alkyl halides is 3. The molecule has 0 aliphatic rings. The van der Waals surface area contributed by atoms with E-state index in [-0.39, 0.29) is 0 Å². The van der Waals surface area contributed by atoms with Gasteiger partial charge in [-0.1, -0.05) is 0 Å². The van der Waals surface area contributed by atoms with Crippen LogP contribution in [0, 0.1) is 0 Å².